The predicted molar refractivity (Wildman–Crippen MR) is 154 cm³/mol. The van der Waals surface area contributed by atoms with Crippen LogP contribution >= 0.6 is 0 Å². The van der Waals surface area contributed by atoms with Crippen molar-refractivity contribution in [2.24, 2.45) is 34.2 Å². The van der Waals surface area contributed by atoms with Gasteiger partial charge >= 0.3 is 5.97 Å². The van der Waals surface area contributed by atoms with E-state index in [1.807, 2.05) is 36.4 Å². The zero-order valence-corrected chi connectivity index (χ0v) is 22.8. The number of benzene rings is 2. The lowest BCUT2D eigenvalue weighted by Crippen LogP contribution is -2.25. The van der Waals surface area contributed by atoms with E-state index < -0.39 is 5.97 Å². The van der Waals surface area contributed by atoms with Crippen molar-refractivity contribution in [3.8, 4) is 16.9 Å². The first-order valence-corrected chi connectivity index (χ1v) is 13.7. The van der Waals surface area contributed by atoms with Crippen LogP contribution < -0.4 is 21.5 Å². The molecule has 8 nitrogen and oxygen atoms in total. The van der Waals surface area contributed by atoms with Gasteiger partial charge in [-0.3, -0.25) is 4.99 Å². The number of aliphatic hydroxyl groups is 1. The summed E-state index contributed by atoms with van der Waals surface area (Å²) in [6, 6.07) is 16.0. The minimum Gasteiger partial charge on any atom is -0.490 e. The molecule has 2 aromatic carbocycles. The van der Waals surface area contributed by atoms with Crippen molar-refractivity contribution in [3.05, 3.63) is 72.2 Å². The number of carbonyl (C=O) groups is 1. The van der Waals surface area contributed by atoms with E-state index in [0.29, 0.717) is 29.4 Å². The van der Waals surface area contributed by atoms with Gasteiger partial charge in [-0.15, -0.1) is 0 Å². The van der Waals surface area contributed by atoms with Gasteiger partial charge in [-0.1, -0.05) is 43.5 Å². The largest absolute Gasteiger partial charge is 0.490 e. The van der Waals surface area contributed by atoms with Gasteiger partial charge in [0.1, 0.15) is 12.5 Å². The van der Waals surface area contributed by atoms with Gasteiger partial charge in [-0.05, 0) is 67.5 Å². The molecule has 2 aromatic rings. The molecule has 8 heteroatoms. The second kappa shape index (κ2) is 13.3. The SMILES string of the molecule is COC(=O)C(=CN)C(=Nc1cccc(-c2cccc(OC(C)C3CCCCC3)c2)c1)C1C[C@@H]1/C(N)=C/NCO. The van der Waals surface area contributed by atoms with Crippen molar-refractivity contribution in [1.29, 1.82) is 0 Å². The minimum atomic E-state index is -0.550. The fourth-order valence-electron chi connectivity index (χ4n) is 5.40. The van der Waals surface area contributed by atoms with E-state index in [0.717, 1.165) is 16.9 Å². The van der Waals surface area contributed by atoms with Crippen LogP contribution in [0.1, 0.15) is 45.4 Å². The lowest BCUT2D eigenvalue weighted by molar-refractivity contribution is -0.135. The van der Waals surface area contributed by atoms with Crippen molar-refractivity contribution in [3.63, 3.8) is 0 Å². The number of allylic oxidation sites excluding steroid dienone is 1. The highest BCUT2D eigenvalue weighted by Crippen LogP contribution is 2.45. The highest BCUT2D eigenvalue weighted by Gasteiger charge is 2.45. The molecule has 0 bridgehead atoms. The molecule has 39 heavy (non-hydrogen) atoms. The predicted octanol–water partition coefficient (Wildman–Crippen LogP) is 4.76. The summed E-state index contributed by atoms with van der Waals surface area (Å²) in [7, 11) is 1.32. The summed E-state index contributed by atoms with van der Waals surface area (Å²) in [6.07, 6.45) is 10.1. The summed E-state index contributed by atoms with van der Waals surface area (Å²) < 4.78 is 11.3. The van der Waals surface area contributed by atoms with Gasteiger partial charge in [-0.2, -0.15) is 0 Å². The smallest absolute Gasteiger partial charge is 0.341 e. The van der Waals surface area contributed by atoms with E-state index in [-0.39, 0.29) is 30.2 Å². The number of ether oxygens (including phenoxy) is 2. The van der Waals surface area contributed by atoms with E-state index in [1.54, 1.807) is 6.20 Å². The minimum absolute atomic E-state index is 0.0226. The van der Waals surface area contributed by atoms with Crippen LogP contribution in [0.5, 0.6) is 5.75 Å². The van der Waals surface area contributed by atoms with E-state index in [1.165, 1.54) is 45.4 Å². The molecule has 208 valence electrons. The van der Waals surface area contributed by atoms with Crippen LogP contribution in [0.15, 0.2) is 77.2 Å². The average molecular weight is 533 g/mol. The summed E-state index contributed by atoms with van der Waals surface area (Å²) in [5.74, 6) is 0.792. The van der Waals surface area contributed by atoms with E-state index in [9.17, 15) is 4.79 Å². The zero-order chi connectivity index (χ0) is 27.8. The van der Waals surface area contributed by atoms with E-state index in [4.69, 9.17) is 31.0 Å². The molecular weight excluding hydrogens is 492 g/mol. The molecular formula is C31H40N4O4. The number of nitrogens with one attached hydrogen (secondary N) is 1. The summed E-state index contributed by atoms with van der Waals surface area (Å²) >= 11 is 0. The molecule has 2 aliphatic rings. The maximum absolute atomic E-state index is 12.5. The molecule has 0 heterocycles. The van der Waals surface area contributed by atoms with Crippen LogP contribution in [0.4, 0.5) is 5.69 Å². The number of hydrogen-bond acceptors (Lipinski definition) is 8. The summed E-state index contributed by atoms with van der Waals surface area (Å²) in [6.45, 7) is 1.96. The van der Waals surface area contributed by atoms with Gasteiger partial charge in [0.25, 0.3) is 0 Å². The molecule has 0 radical (unpaired) electrons. The Labute approximate surface area is 230 Å². The molecule has 2 unspecified atom stereocenters. The highest BCUT2D eigenvalue weighted by atomic mass is 16.5. The van der Waals surface area contributed by atoms with Crippen molar-refractivity contribution >= 4 is 17.4 Å². The number of carbonyl (C=O) groups excluding carboxylic acids is 1. The summed E-state index contributed by atoms with van der Waals surface area (Å²) in [5.41, 5.74) is 16.1. The molecule has 0 aromatic heterocycles. The first-order chi connectivity index (χ1) is 18.9. The Balaban J connectivity index is 1.59. The number of methoxy groups -OCH3 is 1. The summed E-state index contributed by atoms with van der Waals surface area (Å²) in [4.78, 5) is 17.4. The molecule has 4 rings (SSSR count). The number of rotatable bonds is 11. The van der Waals surface area contributed by atoms with E-state index >= 15 is 0 Å². The topological polar surface area (TPSA) is 132 Å². The van der Waals surface area contributed by atoms with Crippen LogP contribution in [0.2, 0.25) is 0 Å². The number of hydrogen-bond donors (Lipinski definition) is 4. The van der Waals surface area contributed by atoms with Crippen molar-refractivity contribution in [2.45, 2.75) is 51.6 Å². The average Bonchev–Trinajstić information content (AvgIpc) is 3.77. The number of nitrogens with zero attached hydrogens (tertiary/aromatic N) is 1. The molecule has 2 saturated carbocycles. The molecule has 0 amide bonds. The standard InChI is InChI=1S/C31H40N4O4/c1-20(21-8-4-3-5-9-21)39-25-13-7-11-23(15-25)22-10-6-12-24(14-22)35-30(28(17-32)31(37)38-2)27-16-26(27)29(33)18-34-19-36/h6-7,10-15,17-18,20-21,26-27,34,36H,3-5,8-9,16,19,32-33H2,1-2H3/b28-17?,29-18-,35-30?/t20?,26-,27?/m0/s1. The third-order valence-corrected chi connectivity index (χ3v) is 7.68. The molecule has 6 N–H and O–H groups in total. The molecule has 0 spiro atoms. The van der Waals surface area contributed by atoms with Crippen LogP contribution in [0.25, 0.3) is 11.1 Å². The fourth-order valence-corrected chi connectivity index (χ4v) is 5.40. The molecule has 2 fully saturated rings. The number of esters is 1. The monoisotopic (exact) mass is 532 g/mol. The second-order valence-corrected chi connectivity index (χ2v) is 10.3. The third kappa shape index (κ3) is 7.20. The van der Waals surface area contributed by atoms with Crippen molar-refractivity contribution in [1.82, 2.24) is 5.32 Å². The Bertz CT molecular complexity index is 1230. The van der Waals surface area contributed by atoms with Crippen molar-refractivity contribution in [2.75, 3.05) is 13.8 Å². The lowest BCUT2D eigenvalue weighted by atomic mass is 9.86. The Morgan fingerprint density at radius 1 is 1.13 bits per heavy atom. The number of aliphatic imine (C=N–C) groups is 1. The Morgan fingerprint density at radius 3 is 2.54 bits per heavy atom. The van der Waals surface area contributed by atoms with Crippen LogP contribution in [-0.4, -0.2) is 36.7 Å². The van der Waals surface area contributed by atoms with Crippen LogP contribution in [-0.2, 0) is 9.53 Å². The van der Waals surface area contributed by atoms with Gasteiger partial charge in [0.05, 0.1) is 30.2 Å². The number of aliphatic hydroxyl groups excluding tert-OH is 1. The first kappa shape index (κ1) is 28.2. The molecule has 0 aliphatic heterocycles. The fraction of sp³-hybridized carbons (Fsp3) is 0.419. The maximum atomic E-state index is 12.5. The van der Waals surface area contributed by atoms with Crippen LogP contribution in [0.3, 0.4) is 0 Å². The Hall–Kier alpha value is -3.78. The zero-order valence-electron chi connectivity index (χ0n) is 22.8. The Morgan fingerprint density at radius 2 is 1.85 bits per heavy atom. The van der Waals surface area contributed by atoms with Gasteiger partial charge in [0, 0.05) is 29.9 Å². The molecule has 3 atom stereocenters. The summed E-state index contributed by atoms with van der Waals surface area (Å²) in [5, 5.41) is 11.7. The lowest BCUT2D eigenvalue weighted by Gasteiger charge is -2.28. The highest BCUT2D eigenvalue weighted by molar-refractivity contribution is 6.22. The van der Waals surface area contributed by atoms with Gasteiger partial charge < -0.3 is 31.4 Å². The second-order valence-electron chi connectivity index (χ2n) is 10.3. The first-order valence-electron chi connectivity index (χ1n) is 13.7. The van der Waals surface area contributed by atoms with Gasteiger partial charge in [0.15, 0.2) is 0 Å². The molecule has 0 saturated heterocycles. The number of nitrogens with two attached hydrogens (primary N) is 2. The van der Waals surface area contributed by atoms with Crippen LogP contribution in [0, 0.1) is 17.8 Å². The normalized spacial score (nSPS) is 21.3. The third-order valence-electron chi connectivity index (χ3n) is 7.68. The van der Waals surface area contributed by atoms with Gasteiger partial charge in [0.2, 0.25) is 0 Å². The molecule has 2 aliphatic carbocycles. The quantitative estimate of drug-likeness (QED) is 0.142. The maximum Gasteiger partial charge on any atom is 0.341 e. The van der Waals surface area contributed by atoms with Crippen molar-refractivity contribution < 1.29 is 19.4 Å². The van der Waals surface area contributed by atoms with E-state index in [2.05, 4.69) is 24.4 Å². The Kier molecular flexibility index (Phi) is 9.65. The van der Waals surface area contributed by atoms with Gasteiger partial charge in [-0.25, -0.2) is 4.79 Å².